The van der Waals surface area contributed by atoms with E-state index in [2.05, 4.69) is 51.2 Å². The molecule has 33 heavy (non-hydrogen) atoms. The summed E-state index contributed by atoms with van der Waals surface area (Å²) in [5.41, 5.74) is -10.9. The predicted octanol–water partition coefficient (Wildman–Crippen LogP) is 4.93. The maximum atomic E-state index is 10.7. The zero-order valence-electron chi connectivity index (χ0n) is 18.0. The third-order valence-electron chi connectivity index (χ3n) is 2.26. The van der Waals surface area contributed by atoms with E-state index in [-0.39, 0.29) is 26.8 Å². The summed E-state index contributed by atoms with van der Waals surface area (Å²) in [7, 11) is -11.7. The van der Waals surface area contributed by atoms with Crippen LogP contribution in [0.15, 0.2) is 36.5 Å². The van der Waals surface area contributed by atoms with Crippen LogP contribution in [0.1, 0.15) is 26.7 Å². The summed E-state index contributed by atoms with van der Waals surface area (Å²) < 4.78 is 117. The molecule has 2 N–H and O–H groups in total. The molecule has 16 heteroatoms. The smallest absolute Gasteiger partial charge is 0.279 e. The van der Waals surface area contributed by atoms with Gasteiger partial charge in [-0.25, -0.2) is 24.3 Å². The van der Waals surface area contributed by atoms with Gasteiger partial charge in [-0.15, -0.1) is 12.8 Å². The second-order valence-corrected chi connectivity index (χ2v) is 22.7. The quantitative estimate of drug-likeness (QED) is 0.131. The van der Waals surface area contributed by atoms with Gasteiger partial charge in [0, 0.05) is 0 Å². The Kier molecular flexibility index (Phi) is 19.8. The average Bonchev–Trinajstić information content (AvgIpc) is 3.30. The topological polar surface area (TPSA) is 109 Å². The van der Waals surface area contributed by atoms with Crippen LogP contribution in [0.25, 0.3) is 0 Å². The molecule has 0 atom stereocenters. The molecule has 0 unspecified atom stereocenters. The molecule has 0 aromatic carbocycles. The van der Waals surface area contributed by atoms with Gasteiger partial charge in [0.15, 0.2) is 0 Å². The van der Waals surface area contributed by atoms with Crippen molar-refractivity contribution in [3.05, 3.63) is 48.6 Å². The molecule has 2 rings (SSSR count). The molecule has 2 aliphatic rings. The van der Waals surface area contributed by atoms with Gasteiger partial charge < -0.3 is 0 Å². The van der Waals surface area contributed by atoms with E-state index in [4.69, 9.17) is 25.9 Å². The summed E-state index contributed by atoms with van der Waals surface area (Å²) in [4.78, 5) is 0. The first kappa shape index (κ1) is 36.9. The average molecular weight is 622 g/mol. The molecule has 0 fully saturated rings. The van der Waals surface area contributed by atoms with E-state index in [0.29, 0.717) is 0 Å². The molecule has 0 saturated carbocycles. The molecule has 0 amide bonds. The molecule has 0 saturated heterocycles. The van der Waals surface area contributed by atoms with Crippen molar-refractivity contribution in [1.82, 2.24) is 0 Å². The second-order valence-electron chi connectivity index (χ2n) is 5.97. The van der Waals surface area contributed by atoms with Crippen molar-refractivity contribution < 1.29 is 73.7 Å². The fraction of sp³-hybridized carbons (Fsp3) is 0.471. The Hall–Kier alpha value is -0.670. The summed E-state index contributed by atoms with van der Waals surface area (Å²) in [6, 6.07) is 0. The maximum absolute atomic E-state index is 10.7. The van der Waals surface area contributed by atoms with Crippen LogP contribution in [0.2, 0.25) is 13.1 Å². The minimum Gasteiger partial charge on any atom is -0.279 e. The zero-order valence-corrected chi connectivity index (χ0v) is 23.1. The van der Waals surface area contributed by atoms with Crippen molar-refractivity contribution in [2.24, 2.45) is 0 Å². The van der Waals surface area contributed by atoms with Crippen LogP contribution >= 0.6 is 0 Å². The molecule has 0 aromatic heterocycles. The van der Waals surface area contributed by atoms with Gasteiger partial charge in [-0.1, -0.05) is 0 Å². The first-order valence-corrected chi connectivity index (χ1v) is 18.8. The van der Waals surface area contributed by atoms with Crippen molar-refractivity contribution in [3.63, 3.8) is 0 Å². The Morgan fingerprint density at radius 3 is 1.12 bits per heavy atom. The minimum absolute atomic E-state index is 0.0574. The number of alkyl halides is 6. The predicted molar refractivity (Wildman–Crippen MR) is 112 cm³/mol. The molecule has 6 nitrogen and oxygen atoms in total. The number of hydrogen-bond acceptors (Lipinski definition) is 4. The van der Waals surface area contributed by atoms with E-state index in [0.717, 1.165) is 12.8 Å². The maximum Gasteiger partial charge on any atom is 0.522 e. The largest absolute Gasteiger partial charge is 0.522 e. The van der Waals surface area contributed by atoms with Crippen LogP contribution in [-0.2, 0) is 41.6 Å². The zero-order chi connectivity index (χ0) is 26.9. The minimum atomic E-state index is -5.84. The van der Waals surface area contributed by atoms with Crippen LogP contribution in [-0.4, -0.2) is 45.6 Å². The van der Waals surface area contributed by atoms with Crippen LogP contribution in [0.5, 0.6) is 0 Å². The number of rotatable bonds is 0. The molecule has 0 aliphatic heterocycles. The van der Waals surface area contributed by atoms with Crippen molar-refractivity contribution in [3.8, 4) is 0 Å². The van der Waals surface area contributed by atoms with Crippen LogP contribution in [0.3, 0.4) is 0 Å². The molecule has 0 aromatic rings. The summed E-state index contributed by atoms with van der Waals surface area (Å²) in [6.07, 6.45) is 20.0. The van der Waals surface area contributed by atoms with Crippen LogP contribution < -0.4 is 0 Å². The summed E-state index contributed by atoms with van der Waals surface area (Å²) in [5.74, 6) is 0. The number of halogens is 6. The van der Waals surface area contributed by atoms with Crippen LogP contribution in [0, 0.1) is 12.2 Å². The van der Waals surface area contributed by atoms with Crippen molar-refractivity contribution in [1.29, 1.82) is 0 Å². The third-order valence-corrected chi connectivity index (χ3v) is 11.8. The first-order valence-electron chi connectivity index (χ1n) is 8.51. The summed E-state index contributed by atoms with van der Waals surface area (Å²) >= 11 is 0.0574. The Labute approximate surface area is 201 Å². The molecule has 0 heterocycles. The molecular formula is C17H24F6O6S2SiZr-2. The Morgan fingerprint density at radius 2 is 1.09 bits per heavy atom. The van der Waals surface area contributed by atoms with Gasteiger partial charge in [0.05, 0.1) is 0 Å². The molecular weight excluding hydrogens is 598 g/mol. The molecule has 2 aliphatic carbocycles. The van der Waals surface area contributed by atoms with E-state index < -0.39 is 31.3 Å². The first-order chi connectivity index (χ1) is 14.6. The van der Waals surface area contributed by atoms with Crippen molar-refractivity contribution in [2.75, 3.05) is 0 Å². The number of hydrogen-bond donors (Lipinski definition) is 2. The monoisotopic (exact) mass is 620 g/mol. The fourth-order valence-electron chi connectivity index (χ4n) is 1.18. The van der Waals surface area contributed by atoms with Crippen molar-refractivity contribution >= 4 is 28.9 Å². The third kappa shape index (κ3) is 27.5. The molecule has 0 bridgehead atoms. The Balaban J connectivity index is -0.000000344. The molecule has 0 spiro atoms. The Bertz CT molecular complexity index is 868. The fourth-order valence-corrected chi connectivity index (χ4v) is 9.55. The summed E-state index contributed by atoms with van der Waals surface area (Å²) in [6.45, 7) is 9.40. The van der Waals surface area contributed by atoms with E-state index in [1.165, 1.54) is 0 Å². The van der Waals surface area contributed by atoms with E-state index in [9.17, 15) is 26.3 Å². The standard InChI is InChI=1S/2C5H5.C3H6.C2H6Si.2CHF3O3S.Zr/c2*1-2-4-5-3-1;2*1-3-2;2*2-1(3,4)8(5,6)7;/h2*1-3H,4H2;2*1-2H3;2*(H,5,6,7);/q2*-1;;;;;. The molecule has 192 valence electrons. The molecule has 0 radical (unpaired) electrons. The van der Waals surface area contributed by atoms with E-state index in [1.54, 1.807) is 3.21 Å². The normalized spacial score (nSPS) is 13.7. The van der Waals surface area contributed by atoms with Gasteiger partial charge in [-0.2, -0.15) is 55.3 Å². The van der Waals surface area contributed by atoms with Gasteiger partial charge in [0.2, 0.25) is 0 Å². The van der Waals surface area contributed by atoms with Gasteiger partial charge in [-0.3, -0.25) is 21.3 Å². The number of allylic oxidation sites excluding steroid dienone is 8. The van der Waals surface area contributed by atoms with E-state index >= 15 is 0 Å². The van der Waals surface area contributed by atoms with Gasteiger partial charge >= 0.3 is 88.2 Å². The van der Waals surface area contributed by atoms with E-state index in [1.807, 2.05) is 24.3 Å². The van der Waals surface area contributed by atoms with Crippen molar-refractivity contribution in [2.45, 2.75) is 50.8 Å². The second kappa shape index (κ2) is 17.7. The van der Waals surface area contributed by atoms with Crippen LogP contribution in [0.4, 0.5) is 26.3 Å². The Morgan fingerprint density at radius 1 is 0.818 bits per heavy atom. The van der Waals surface area contributed by atoms with Gasteiger partial charge in [0.25, 0.3) is 0 Å². The summed E-state index contributed by atoms with van der Waals surface area (Å²) in [5, 5.41) is 0. The van der Waals surface area contributed by atoms with Gasteiger partial charge in [0.1, 0.15) is 0 Å². The SMILES string of the molecule is C[C](C)=[Zr]=[Si](C)C.O=S(=O)(O)C(F)(F)F.O=S(=O)(O)C(F)(F)F.[C-]1=CC=CC1.[C-]1=CC=CC1. The van der Waals surface area contributed by atoms with Gasteiger partial charge in [-0.05, 0) is 0 Å².